The van der Waals surface area contributed by atoms with Crippen LogP contribution < -0.4 is 10.0 Å². The number of carbonyl (C=O) groups is 1. The lowest BCUT2D eigenvalue weighted by Gasteiger charge is -2.11. The van der Waals surface area contributed by atoms with Crippen molar-refractivity contribution in [1.82, 2.24) is 0 Å². The van der Waals surface area contributed by atoms with E-state index >= 15 is 0 Å². The Bertz CT molecular complexity index is 1230. The van der Waals surface area contributed by atoms with Gasteiger partial charge in [0.1, 0.15) is 0 Å². The maximum Gasteiger partial charge on any atom is 0.271 e. The summed E-state index contributed by atoms with van der Waals surface area (Å²) in [4.78, 5) is 22.9. The Balaban J connectivity index is 1.84. The number of non-ortho nitro benzene ring substituents is 1. The van der Waals surface area contributed by atoms with Gasteiger partial charge in [0.25, 0.3) is 21.6 Å². The van der Waals surface area contributed by atoms with Gasteiger partial charge in [-0.15, -0.1) is 0 Å². The van der Waals surface area contributed by atoms with Crippen LogP contribution in [0.15, 0.2) is 76.1 Å². The van der Waals surface area contributed by atoms with Gasteiger partial charge in [0.15, 0.2) is 0 Å². The first-order valence-corrected chi connectivity index (χ1v) is 10.9. The second-order valence-electron chi connectivity index (χ2n) is 6.35. The number of benzene rings is 3. The molecule has 3 aromatic carbocycles. The van der Waals surface area contributed by atoms with Crippen LogP contribution in [0.2, 0.25) is 0 Å². The fourth-order valence-corrected chi connectivity index (χ4v) is 3.96. The summed E-state index contributed by atoms with van der Waals surface area (Å²) in [5, 5.41) is 13.6. The normalized spacial score (nSPS) is 11.0. The van der Waals surface area contributed by atoms with E-state index in [-0.39, 0.29) is 21.8 Å². The zero-order valence-corrected chi connectivity index (χ0v) is 18.0. The first kappa shape index (κ1) is 21.5. The van der Waals surface area contributed by atoms with Crippen molar-refractivity contribution < 1.29 is 18.1 Å². The third kappa shape index (κ3) is 5.02. The molecular weight excluding hydrogens is 474 g/mol. The summed E-state index contributed by atoms with van der Waals surface area (Å²) >= 11 is 3.28. The third-order valence-electron chi connectivity index (χ3n) is 4.18. The van der Waals surface area contributed by atoms with Crippen molar-refractivity contribution in [3.63, 3.8) is 0 Å². The molecule has 0 heterocycles. The van der Waals surface area contributed by atoms with Gasteiger partial charge in [0.05, 0.1) is 15.5 Å². The number of hydrogen-bond donors (Lipinski definition) is 2. The van der Waals surface area contributed by atoms with Crippen molar-refractivity contribution in [3.8, 4) is 0 Å². The van der Waals surface area contributed by atoms with Crippen LogP contribution in [0.5, 0.6) is 0 Å². The number of nitrogens with one attached hydrogen (secondary N) is 2. The molecule has 0 bridgehead atoms. The fraction of sp³-hybridized carbons (Fsp3) is 0.0500. The van der Waals surface area contributed by atoms with Crippen molar-refractivity contribution in [2.24, 2.45) is 0 Å². The number of nitrogens with zero attached hydrogens (tertiary/aromatic N) is 1. The van der Waals surface area contributed by atoms with Crippen LogP contribution >= 0.6 is 15.9 Å². The van der Waals surface area contributed by atoms with Crippen molar-refractivity contribution in [2.75, 3.05) is 10.0 Å². The van der Waals surface area contributed by atoms with Gasteiger partial charge in [-0.05, 0) is 55.0 Å². The largest absolute Gasteiger partial charge is 0.321 e. The molecule has 0 fully saturated rings. The van der Waals surface area contributed by atoms with Crippen LogP contribution in [-0.4, -0.2) is 19.2 Å². The summed E-state index contributed by atoms with van der Waals surface area (Å²) in [5.74, 6) is -0.584. The summed E-state index contributed by atoms with van der Waals surface area (Å²) in [6.07, 6.45) is 0. The van der Waals surface area contributed by atoms with E-state index in [1.807, 2.05) is 0 Å². The molecule has 0 aliphatic rings. The molecule has 3 aromatic rings. The Morgan fingerprint density at radius 2 is 1.73 bits per heavy atom. The molecule has 0 radical (unpaired) electrons. The summed E-state index contributed by atoms with van der Waals surface area (Å²) in [5.41, 5.74) is 1.22. The molecule has 1 amide bonds. The molecular formula is C20H16BrN3O5S. The summed E-state index contributed by atoms with van der Waals surface area (Å²) in [7, 11) is -3.92. The summed E-state index contributed by atoms with van der Waals surface area (Å²) in [6, 6.07) is 16.2. The lowest BCUT2D eigenvalue weighted by Crippen LogP contribution is -2.16. The van der Waals surface area contributed by atoms with Crippen molar-refractivity contribution in [2.45, 2.75) is 11.8 Å². The smallest absolute Gasteiger partial charge is 0.271 e. The second-order valence-corrected chi connectivity index (χ2v) is 8.95. The van der Waals surface area contributed by atoms with Gasteiger partial charge in [-0.1, -0.05) is 28.1 Å². The van der Waals surface area contributed by atoms with Crippen molar-refractivity contribution >= 4 is 48.9 Å². The number of hydrogen-bond acceptors (Lipinski definition) is 5. The Morgan fingerprint density at radius 1 is 1.03 bits per heavy atom. The maximum absolute atomic E-state index is 12.7. The van der Waals surface area contributed by atoms with Crippen LogP contribution in [0, 0.1) is 17.0 Å². The molecule has 3 rings (SSSR count). The fourth-order valence-electron chi connectivity index (χ4n) is 2.59. The van der Waals surface area contributed by atoms with E-state index in [4.69, 9.17) is 0 Å². The van der Waals surface area contributed by atoms with Gasteiger partial charge in [0.2, 0.25) is 0 Å². The van der Waals surface area contributed by atoms with Crippen LogP contribution in [0.25, 0.3) is 0 Å². The molecule has 30 heavy (non-hydrogen) atoms. The lowest BCUT2D eigenvalue weighted by atomic mass is 10.1. The van der Waals surface area contributed by atoms with Gasteiger partial charge in [-0.3, -0.25) is 19.6 Å². The Kier molecular flexibility index (Phi) is 6.18. The van der Waals surface area contributed by atoms with Crippen LogP contribution in [0.1, 0.15) is 15.9 Å². The standard InChI is InChI=1S/C20H16BrN3O5S/c1-13-5-10-17(24(26)27)12-19(13)22-20(25)14-3-2-4-18(11-14)30(28,29)23-16-8-6-15(21)7-9-16/h2-12,23H,1H3,(H,22,25). The third-order valence-corrected chi connectivity index (χ3v) is 6.09. The van der Waals surface area contributed by atoms with E-state index in [2.05, 4.69) is 26.0 Å². The molecule has 0 aliphatic heterocycles. The number of anilines is 2. The zero-order valence-electron chi connectivity index (χ0n) is 15.6. The highest BCUT2D eigenvalue weighted by Gasteiger charge is 2.18. The monoisotopic (exact) mass is 489 g/mol. The quantitative estimate of drug-likeness (QED) is 0.383. The number of amides is 1. The molecule has 0 spiro atoms. The molecule has 0 aliphatic carbocycles. The highest BCUT2D eigenvalue weighted by Crippen LogP contribution is 2.23. The molecule has 0 saturated heterocycles. The zero-order chi connectivity index (χ0) is 21.9. The van der Waals surface area contributed by atoms with Gasteiger partial charge in [-0.2, -0.15) is 0 Å². The predicted molar refractivity (Wildman–Crippen MR) is 117 cm³/mol. The minimum Gasteiger partial charge on any atom is -0.321 e. The average molecular weight is 490 g/mol. The number of nitro groups is 1. The molecule has 0 unspecified atom stereocenters. The van der Waals surface area contributed by atoms with E-state index in [1.54, 1.807) is 31.2 Å². The minimum absolute atomic E-state index is 0.0890. The van der Waals surface area contributed by atoms with E-state index in [0.717, 1.165) is 4.47 Å². The Labute approximate surface area is 181 Å². The number of rotatable bonds is 6. The maximum atomic E-state index is 12.7. The topological polar surface area (TPSA) is 118 Å². The molecule has 0 aromatic heterocycles. The summed E-state index contributed by atoms with van der Waals surface area (Å²) in [6.45, 7) is 1.70. The van der Waals surface area contributed by atoms with Crippen LogP contribution in [0.3, 0.4) is 0 Å². The van der Waals surface area contributed by atoms with Gasteiger partial charge in [-0.25, -0.2) is 8.42 Å². The Hall–Kier alpha value is -3.24. The molecule has 0 saturated carbocycles. The summed E-state index contributed by atoms with van der Waals surface area (Å²) < 4.78 is 28.6. The first-order chi connectivity index (χ1) is 14.2. The van der Waals surface area contributed by atoms with E-state index in [0.29, 0.717) is 11.3 Å². The SMILES string of the molecule is Cc1ccc([N+](=O)[O-])cc1NC(=O)c1cccc(S(=O)(=O)Nc2ccc(Br)cc2)c1. The average Bonchev–Trinajstić information content (AvgIpc) is 2.71. The van der Waals surface area contributed by atoms with Gasteiger partial charge >= 0.3 is 0 Å². The van der Waals surface area contributed by atoms with E-state index in [9.17, 15) is 23.3 Å². The number of halogens is 1. The van der Waals surface area contributed by atoms with Crippen molar-refractivity contribution in [3.05, 3.63) is 92.4 Å². The van der Waals surface area contributed by atoms with Crippen molar-refractivity contribution in [1.29, 1.82) is 0 Å². The number of aryl methyl sites for hydroxylation is 1. The molecule has 2 N–H and O–H groups in total. The van der Waals surface area contributed by atoms with Crippen LogP contribution in [-0.2, 0) is 10.0 Å². The highest BCUT2D eigenvalue weighted by atomic mass is 79.9. The highest BCUT2D eigenvalue weighted by molar-refractivity contribution is 9.10. The van der Waals surface area contributed by atoms with Gasteiger partial charge < -0.3 is 5.32 Å². The minimum atomic E-state index is -3.92. The van der Waals surface area contributed by atoms with Crippen LogP contribution in [0.4, 0.5) is 17.1 Å². The molecule has 0 atom stereocenters. The predicted octanol–water partition coefficient (Wildman–Crippen LogP) is 4.72. The molecule has 10 heteroatoms. The number of sulfonamides is 1. The van der Waals surface area contributed by atoms with E-state index in [1.165, 1.54) is 42.5 Å². The Morgan fingerprint density at radius 3 is 2.40 bits per heavy atom. The second kappa shape index (κ2) is 8.64. The lowest BCUT2D eigenvalue weighted by molar-refractivity contribution is -0.384. The molecule has 8 nitrogen and oxygen atoms in total. The number of carbonyl (C=O) groups excluding carboxylic acids is 1. The first-order valence-electron chi connectivity index (χ1n) is 8.60. The van der Waals surface area contributed by atoms with Gasteiger partial charge in [0, 0.05) is 27.9 Å². The molecule has 154 valence electrons. The van der Waals surface area contributed by atoms with E-state index < -0.39 is 20.9 Å². The number of nitro benzene ring substituents is 1.